The van der Waals surface area contributed by atoms with Gasteiger partial charge in [-0.2, -0.15) is 13.2 Å². The molecular formula is C19H18F3N5O3. The van der Waals surface area contributed by atoms with Crippen molar-refractivity contribution in [1.29, 1.82) is 0 Å². The van der Waals surface area contributed by atoms with Crippen LogP contribution in [-0.4, -0.2) is 49.9 Å². The molecule has 4 rings (SSSR count). The molecule has 1 aliphatic heterocycles. The highest BCUT2D eigenvalue weighted by Crippen LogP contribution is 2.25. The summed E-state index contributed by atoms with van der Waals surface area (Å²) in [5.74, 6) is -2.76. The summed E-state index contributed by atoms with van der Waals surface area (Å²) in [7, 11) is 0. The van der Waals surface area contributed by atoms with Gasteiger partial charge in [-0.15, -0.1) is 0 Å². The summed E-state index contributed by atoms with van der Waals surface area (Å²) < 4.78 is 33.5. The van der Waals surface area contributed by atoms with Crippen molar-refractivity contribution in [3.05, 3.63) is 59.4 Å². The van der Waals surface area contributed by atoms with Gasteiger partial charge in [-0.1, -0.05) is 18.2 Å². The highest BCUT2D eigenvalue weighted by atomic mass is 19.4. The number of carboxylic acids is 1. The van der Waals surface area contributed by atoms with Crippen molar-refractivity contribution < 1.29 is 23.1 Å². The molecule has 1 aliphatic rings. The summed E-state index contributed by atoms with van der Waals surface area (Å²) in [5, 5.41) is 7.12. The highest BCUT2D eigenvalue weighted by Gasteiger charge is 2.38. The Bertz CT molecular complexity index is 1060. The molecule has 0 atom stereocenters. The van der Waals surface area contributed by atoms with Crippen LogP contribution in [0.15, 0.2) is 53.8 Å². The molecule has 0 saturated carbocycles. The zero-order valence-electron chi connectivity index (χ0n) is 15.7. The van der Waals surface area contributed by atoms with Gasteiger partial charge in [-0.3, -0.25) is 9.36 Å². The number of para-hydroxylation sites is 1. The van der Waals surface area contributed by atoms with E-state index < -0.39 is 12.1 Å². The number of rotatable bonds is 2. The Morgan fingerprint density at radius 2 is 1.63 bits per heavy atom. The standard InChI is InChI=1S/C17H17N5O.C2HF3O2/c23-17-15-16(19-9-8-18-15)20-12-22(17)14-6-10-21(11-7-14)13-4-2-1-3-5-13;3-2(4,5)1(6)7/h1-5,8-9,12,14H,6-7,10-11H2;(H,6,7). The maximum atomic E-state index is 12.6. The van der Waals surface area contributed by atoms with E-state index in [1.165, 1.54) is 11.9 Å². The number of carboxylic acid groups (broad SMARTS) is 1. The van der Waals surface area contributed by atoms with Crippen LogP contribution in [0.2, 0.25) is 0 Å². The number of hydrogen-bond acceptors (Lipinski definition) is 6. The Labute approximate surface area is 168 Å². The van der Waals surface area contributed by atoms with E-state index in [-0.39, 0.29) is 11.6 Å². The second-order valence-electron chi connectivity index (χ2n) is 6.54. The van der Waals surface area contributed by atoms with E-state index in [1.54, 1.807) is 17.1 Å². The zero-order valence-corrected chi connectivity index (χ0v) is 15.7. The van der Waals surface area contributed by atoms with Crippen LogP contribution >= 0.6 is 0 Å². The Morgan fingerprint density at radius 1 is 1.03 bits per heavy atom. The van der Waals surface area contributed by atoms with Crippen molar-refractivity contribution in [3.63, 3.8) is 0 Å². The summed E-state index contributed by atoms with van der Waals surface area (Å²) in [6.07, 6.45) is 1.46. The fraction of sp³-hybridized carbons (Fsp3) is 0.316. The predicted octanol–water partition coefficient (Wildman–Crippen LogP) is 2.66. The second-order valence-corrected chi connectivity index (χ2v) is 6.54. The van der Waals surface area contributed by atoms with E-state index in [0.29, 0.717) is 11.2 Å². The molecule has 3 heterocycles. The van der Waals surface area contributed by atoms with Crippen LogP contribution in [0.4, 0.5) is 18.9 Å². The molecule has 0 spiro atoms. The number of aromatic nitrogens is 4. The van der Waals surface area contributed by atoms with Gasteiger partial charge < -0.3 is 10.0 Å². The van der Waals surface area contributed by atoms with Gasteiger partial charge in [0.25, 0.3) is 5.56 Å². The number of anilines is 1. The molecule has 8 nitrogen and oxygen atoms in total. The molecule has 3 aromatic rings. The molecule has 0 aliphatic carbocycles. The van der Waals surface area contributed by atoms with Gasteiger partial charge in [0.05, 0.1) is 0 Å². The smallest absolute Gasteiger partial charge is 0.475 e. The van der Waals surface area contributed by atoms with Gasteiger partial charge in [0, 0.05) is 37.2 Å². The second kappa shape index (κ2) is 8.89. The first-order chi connectivity index (χ1) is 14.3. The number of halogens is 3. The van der Waals surface area contributed by atoms with Gasteiger partial charge in [-0.05, 0) is 25.0 Å². The number of fused-ring (bicyclic) bond motifs is 1. The molecule has 1 aromatic carbocycles. The average molecular weight is 421 g/mol. The minimum Gasteiger partial charge on any atom is -0.475 e. The number of nitrogens with zero attached hydrogens (tertiary/aromatic N) is 5. The predicted molar refractivity (Wildman–Crippen MR) is 102 cm³/mol. The molecule has 158 valence electrons. The fourth-order valence-corrected chi connectivity index (χ4v) is 3.17. The molecule has 1 fully saturated rings. The van der Waals surface area contributed by atoms with E-state index in [0.717, 1.165) is 25.9 Å². The number of aliphatic carboxylic acids is 1. The Kier molecular flexibility index (Phi) is 6.28. The normalized spacial score (nSPS) is 14.8. The summed E-state index contributed by atoms with van der Waals surface area (Å²) in [6, 6.07) is 10.5. The lowest BCUT2D eigenvalue weighted by Gasteiger charge is -2.34. The topological polar surface area (TPSA) is 101 Å². The van der Waals surface area contributed by atoms with E-state index >= 15 is 0 Å². The van der Waals surface area contributed by atoms with Crippen LogP contribution in [0.25, 0.3) is 11.2 Å². The van der Waals surface area contributed by atoms with Crippen molar-refractivity contribution in [1.82, 2.24) is 19.5 Å². The molecule has 11 heteroatoms. The molecule has 1 saturated heterocycles. The zero-order chi connectivity index (χ0) is 21.7. The average Bonchev–Trinajstić information content (AvgIpc) is 2.75. The number of benzene rings is 1. The summed E-state index contributed by atoms with van der Waals surface area (Å²) in [5.41, 5.74) is 1.90. The maximum Gasteiger partial charge on any atom is 0.490 e. The quantitative estimate of drug-likeness (QED) is 0.679. The minimum atomic E-state index is -5.08. The van der Waals surface area contributed by atoms with E-state index in [1.807, 2.05) is 6.07 Å². The van der Waals surface area contributed by atoms with Gasteiger partial charge >= 0.3 is 12.1 Å². The van der Waals surface area contributed by atoms with Crippen LogP contribution in [0.1, 0.15) is 18.9 Å². The van der Waals surface area contributed by atoms with Gasteiger partial charge in [0.2, 0.25) is 0 Å². The first-order valence-corrected chi connectivity index (χ1v) is 9.05. The van der Waals surface area contributed by atoms with Crippen molar-refractivity contribution in [2.75, 3.05) is 18.0 Å². The Hall–Kier alpha value is -3.50. The third-order valence-corrected chi connectivity index (χ3v) is 4.64. The molecule has 0 radical (unpaired) electrons. The number of hydrogen-bond donors (Lipinski definition) is 1. The van der Waals surface area contributed by atoms with Gasteiger partial charge in [0.1, 0.15) is 6.33 Å². The van der Waals surface area contributed by atoms with Crippen LogP contribution < -0.4 is 10.5 Å². The lowest BCUT2D eigenvalue weighted by molar-refractivity contribution is -0.192. The first-order valence-electron chi connectivity index (χ1n) is 9.05. The lowest BCUT2D eigenvalue weighted by atomic mass is 10.0. The van der Waals surface area contributed by atoms with Crippen molar-refractivity contribution >= 4 is 22.8 Å². The molecule has 1 N–H and O–H groups in total. The van der Waals surface area contributed by atoms with Crippen LogP contribution in [0.3, 0.4) is 0 Å². The van der Waals surface area contributed by atoms with Crippen molar-refractivity contribution in [2.24, 2.45) is 0 Å². The maximum absolute atomic E-state index is 12.6. The number of alkyl halides is 3. The molecule has 0 bridgehead atoms. The number of piperidine rings is 1. The molecule has 0 amide bonds. The number of carbonyl (C=O) groups is 1. The Morgan fingerprint density at radius 3 is 2.23 bits per heavy atom. The third-order valence-electron chi connectivity index (χ3n) is 4.64. The van der Waals surface area contributed by atoms with Crippen molar-refractivity contribution in [2.45, 2.75) is 25.1 Å². The third kappa shape index (κ3) is 4.91. The summed E-state index contributed by atoms with van der Waals surface area (Å²) in [4.78, 5) is 36.3. The van der Waals surface area contributed by atoms with E-state index in [4.69, 9.17) is 9.90 Å². The SMILES string of the molecule is O=C(O)C(F)(F)F.O=c1c2nccnc2ncn1C1CCN(c2ccccc2)CC1. The molecule has 2 aromatic heterocycles. The molecule has 30 heavy (non-hydrogen) atoms. The van der Waals surface area contributed by atoms with E-state index in [2.05, 4.69) is 44.1 Å². The van der Waals surface area contributed by atoms with E-state index in [9.17, 15) is 18.0 Å². The first kappa shape index (κ1) is 21.2. The van der Waals surface area contributed by atoms with Gasteiger partial charge in [-0.25, -0.2) is 19.7 Å². The monoisotopic (exact) mass is 421 g/mol. The largest absolute Gasteiger partial charge is 0.490 e. The summed E-state index contributed by atoms with van der Waals surface area (Å²) >= 11 is 0. The van der Waals surface area contributed by atoms with Crippen LogP contribution in [0.5, 0.6) is 0 Å². The highest BCUT2D eigenvalue weighted by molar-refractivity contribution is 5.73. The van der Waals surface area contributed by atoms with Crippen LogP contribution in [-0.2, 0) is 4.79 Å². The van der Waals surface area contributed by atoms with Crippen molar-refractivity contribution in [3.8, 4) is 0 Å². The lowest BCUT2D eigenvalue weighted by Crippen LogP contribution is -2.37. The molecular weight excluding hydrogens is 403 g/mol. The van der Waals surface area contributed by atoms with Crippen LogP contribution in [0, 0.1) is 0 Å². The molecule has 0 unspecified atom stereocenters. The minimum absolute atomic E-state index is 0.0961. The van der Waals surface area contributed by atoms with Gasteiger partial charge in [0.15, 0.2) is 11.2 Å². The summed E-state index contributed by atoms with van der Waals surface area (Å²) in [6.45, 7) is 1.86. The fourth-order valence-electron chi connectivity index (χ4n) is 3.17. The Balaban J connectivity index is 0.000000318.